The van der Waals surface area contributed by atoms with Crippen LogP contribution in [0.4, 0.5) is 5.69 Å². The molecule has 6 heteroatoms. The molecule has 1 aliphatic rings. The minimum Gasteiger partial charge on any atom is -0.367 e. The fourth-order valence-electron chi connectivity index (χ4n) is 2.52. The zero-order valence-electron chi connectivity index (χ0n) is 11.4. The van der Waals surface area contributed by atoms with Crippen molar-refractivity contribution in [2.75, 3.05) is 18.0 Å². The Balaban J connectivity index is 1.89. The van der Waals surface area contributed by atoms with E-state index >= 15 is 0 Å². The molecular weight excluding hydrogens is 254 g/mol. The maximum Gasteiger partial charge on any atom is 0.180 e. The average molecular weight is 271 g/mol. The monoisotopic (exact) mass is 271 g/mol. The third-order valence-corrected chi connectivity index (χ3v) is 3.67. The van der Waals surface area contributed by atoms with E-state index in [4.69, 9.17) is 0 Å². The zero-order valence-corrected chi connectivity index (χ0v) is 11.4. The van der Waals surface area contributed by atoms with E-state index < -0.39 is 0 Å². The summed E-state index contributed by atoms with van der Waals surface area (Å²) in [5.74, 6) is 0.976. The van der Waals surface area contributed by atoms with Crippen molar-refractivity contribution in [2.45, 2.75) is 19.8 Å². The van der Waals surface area contributed by atoms with Gasteiger partial charge in [0.1, 0.15) is 18.3 Å². The second-order valence-corrected chi connectivity index (χ2v) is 5.15. The molecule has 2 aromatic rings. The largest absolute Gasteiger partial charge is 0.367 e. The summed E-state index contributed by atoms with van der Waals surface area (Å²) in [6.07, 6.45) is 9.95. The van der Waals surface area contributed by atoms with Crippen molar-refractivity contribution in [3.8, 4) is 5.82 Å². The third kappa shape index (κ3) is 2.41. The van der Waals surface area contributed by atoms with Gasteiger partial charge in [-0.1, -0.05) is 0 Å². The summed E-state index contributed by atoms with van der Waals surface area (Å²) in [5.41, 5.74) is 2.06. The molecule has 0 saturated carbocycles. The molecule has 0 N–H and O–H groups in total. The van der Waals surface area contributed by atoms with Crippen LogP contribution in [0.2, 0.25) is 0 Å². The van der Waals surface area contributed by atoms with Crippen LogP contribution < -0.4 is 4.90 Å². The van der Waals surface area contributed by atoms with Crippen molar-refractivity contribution in [2.24, 2.45) is 5.92 Å². The molecule has 0 aliphatic carbocycles. The number of anilines is 1. The lowest BCUT2D eigenvalue weighted by Crippen LogP contribution is -2.35. The van der Waals surface area contributed by atoms with Crippen molar-refractivity contribution in [1.29, 1.82) is 0 Å². The first-order chi connectivity index (χ1) is 9.78. The summed E-state index contributed by atoms with van der Waals surface area (Å²) in [7, 11) is 0. The van der Waals surface area contributed by atoms with Crippen molar-refractivity contribution >= 4 is 12.0 Å². The minimum atomic E-state index is 0.186. The molecule has 0 radical (unpaired) electrons. The van der Waals surface area contributed by atoms with Gasteiger partial charge < -0.3 is 9.69 Å². The van der Waals surface area contributed by atoms with Crippen LogP contribution in [0, 0.1) is 12.8 Å². The second kappa shape index (κ2) is 5.40. The molecular formula is C14H17N5O. The van der Waals surface area contributed by atoms with Crippen LogP contribution >= 0.6 is 0 Å². The SMILES string of the molecule is Cc1cnn(-c2ncncc2N2CCC(C=O)CC2)c1. The Bertz CT molecular complexity index is 601. The molecule has 3 heterocycles. The van der Waals surface area contributed by atoms with Crippen LogP contribution in [0.25, 0.3) is 5.82 Å². The smallest absolute Gasteiger partial charge is 0.180 e. The van der Waals surface area contributed by atoms with Gasteiger partial charge in [-0.3, -0.25) is 0 Å². The van der Waals surface area contributed by atoms with Gasteiger partial charge in [0.25, 0.3) is 0 Å². The van der Waals surface area contributed by atoms with Gasteiger partial charge in [-0.2, -0.15) is 5.10 Å². The van der Waals surface area contributed by atoms with E-state index in [1.165, 1.54) is 6.33 Å². The Kier molecular flexibility index (Phi) is 3.45. The molecule has 0 atom stereocenters. The van der Waals surface area contributed by atoms with Crippen molar-refractivity contribution in [3.05, 3.63) is 30.5 Å². The molecule has 1 saturated heterocycles. The molecule has 20 heavy (non-hydrogen) atoms. The topological polar surface area (TPSA) is 63.9 Å². The highest BCUT2D eigenvalue weighted by Gasteiger charge is 2.22. The molecule has 0 aromatic carbocycles. The fourth-order valence-corrected chi connectivity index (χ4v) is 2.52. The lowest BCUT2D eigenvalue weighted by molar-refractivity contribution is -0.111. The highest BCUT2D eigenvalue weighted by atomic mass is 16.1. The number of aldehydes is 1. The van der Waals surface area contributed by atoms with Crippen LogP contribution in [0.3, 0.4) is 0 Å². The number of aromatic nitrogens is 4. The predicted octanol–water partition coefficient (Wildman–Crippen LogP) is 1.39. The first kappa shape index (κ1) is 12.8. The second-order valence-electron chi connectivity index (χ2n) is 5.15. The summed E-state index contributed by atoms with van der Waals surface area (Å²) in [4.78, 5) is 21.5. The Morgan fingerprint density at radius 3 is 2.75 bits per heavy atom. The van der Waals surface area contributed by atoms with Crippen molar-refractivity contribution in [1.82, 2.24) is 19.7 Å². The van der Waals surface area contributed by atoms with E-state index in [-0.39, 0.29) is 5.92 Å². The number of aryl methyl sites for hydroxylation is 1. The molecule has 0 amide bonds. The minimum absolute atomic E-state index is 0.186. The Labute approximate surface area is 117 Å². The molecule has 0 unspecified atom stereocenters. The normalized spacial score (nSPS) is 16.4. The zero-order chi connectivity index (χ0) is 13.9. The average Bonchev–Trinajstić information content (AvgIpc) is 2.94. The molecule has 0 bridgehead atoms. The Morgan fingerprint density at radius 1 is 1.30 bits per heavy atom. The van der Waals surface area contributed by atoms with E-state index in [9.17, 15) is 4.79 Å². The molecule has 0 spiro atoms. The van der Waals surface area contributed by atoms with Crippen molar-refractivity contribution in [3.63, 3.8) is 0 Å². The molecule has 3 rings (SSSR count). The first-order valence-corrected chi connectivity index (χ1v) is 6.80. The number of piperidine rings is 1. The summed E-state index contributed by atoms with van der Waals surface area (Å²) in [6, 6.07) is 0. The third-order valence-electron chi connectivity index (χ3n) is 3.67. The van der Waals surface area contributed by atoms with Crippen LogP contribution in [-0.4, -0.2) is 39.1 Å². The van der Waals surface area contributed by atoms with Gasteiger partial charge in [0.2, 0.25) is 0 Å². The summed E-state index contributed by atoms with van der Waals surface area (Å²) >= 11 is 0. The maximum atomic E-state index is 10.8. The molecule has 1 fully saturated rings. The van der Waals surface area contributed by atoms with Gasteiger partial charge in [0, 0.05) is 25.2 Å². The van der Waals surface area contributed by atoms with Gasteiger partial charge in [0.15, 0.2) is 5.82 Å². The number of carbonyl (C=O) groups is 1. The Hall–Kier alpha value is -2.24. The van der Waals surface area contributed by atoms with E-state index in [2.05, 4.69) is 20.0 Å². The quantitative estimate of drug-likeness (QED) is 0.789. The summed E-state index contributed by atoms with van der Waals surface area (Å²) in [6.45, 7) is 3.70. The predicted molar refractivity (Wildman–Crippen MR) is 74.9 cm³/mol. The highest BCUT2D eigenvalue weighted by molar-refractivity contribution is 5.59. The fraction of sp³-hybridized carbons (Fsp3) is 0.429. The molecule has 104 valence electrons. The van der Waals surface area contributed by atoms with Gasteiger partial charge in [-0.25, -0.2) is 14.6 Å². The summed E-state index contributed by atoms with van der Waals surface area (Å²) < 4.78 is 1.78. The van der Waals surface area contributed by atoms with Crippen LogP contribution in [0.1, 0.15) is 18.4 Å². The van der Waals surface area contributed by atoms with E-state index in [1.807, 2.05) is 25.5 Å². The molecule has 2 aromatic heterocycles. The van der Waals surface area contributed by atoms with Crippen LogP contribution in [0.5, 0.6) is 0 Å². The van der Waals surface area contributed by atoms with Gasteiger partial charge >= 0.3 is 0 Å². The van der Waals surface area contributed by atoms with E-state index in [0.717, 1.165) is 49.3 Å². The Morgan fingerprint density at radius 2 is 2.10 bits per heavy atom. The van der Waals surface area contributed by atoms with Crippen molar-refractivity contribution < 1.29 is 4.79 Å². The first-order valence-electron chi connectivity index (χ1n) is 6.80. The lowest BCUT2D eigenvalue weighted by atomic mass is 9.98. The van der Waals surface area contributed by atoms with E-state index in [1.54, 1.807) is 4.68 Å². The number of rotatable bonds is 3. The number of hydrogen-bond donors (Lipinski definition) is 0. The van der Waals surface area contributed by atoms with Crippen LogP contribution in [0.15, 0.2) is 24.9 Å². The van der Waals surface area contributed by atoms with Gasteiger partial charge in [0.05, 0.1) is 12.4 Å². The highest BCUT2D eigenvalue weighted by Crippen LogP contribution is 2.25. The maximum absolute atomic E-state index is 10.8. The molecule has 1 aliphatic heterocycles. The standard InChI is InChI=1S/C14H17N5O/c1-11-6-17-19(8-11)14-13(7-15-10-16-14)18-4-2-12(9-20)3-5-18/h6-10,12H,2-5H2,1H3. The van der Waals surface area contributed by atoms with Gasteiger partial charge in [-0.15, -0.1) is 0 Å². The number of nitrogens with zero attached hydrogens (tertiary/aromatic N) is 5. The van der Waals surface area contributed by atoms with E-state index in [0.29, 0.717) is 0 Å². The summed E-state index contributed by atoms with van der Waals surface area (Å²) in [5, 5.41) is 4.32. The molecule has 6 nitrogen and oxygen atoms in total. The number of carbonyl (C=O) groups excluding carboxylic acids is 1. The number of hydrogen-bond acceptors (Lipinski definition) is 5. The lowest BCUT2D eigenvalue weighted by Gasteiger charge is -2.31. The van der Waals surface area contributed by atoms with Gasteiger partial charge in [-0.05, 0) is 25.3 Å². The van der Waals surface area contributed by atoms with Crippen LogP contribution in [-0.2, 0) is 4.79 Å².